The topological polar surface area (TPSA) is 79.7 Å². The second-order valence-electron chi connectivity index (χ2n) is 5.92. The minimum atomic E-state index is -1.17. The van der Waals surface area contributed by atoms with E-state index in [1.54, 1.807) is 23.1 Å². The van der Waals surface area contributed by atoms with Crippen LogP contribution in [-0.4, -0.2) is 46.1 Å². The molecule has 2 heterocycles. The number of carbonyl (C=O) groups excluding carboxylic acids is 1. The Morgan fingerprint density at radius 3 is 2.65 bits per heavy atom. The number of piperidine rings is 1. The van der Waals surface area contributed by atoms with Crippen LogP contribution in [-0.2, 0) is 0 Å². The fraction of sp³-hybridized carbons (Fsp3) is 0.278. The smallest absolute Gasteiger partial charge is 0.354 e. The molecule has 3 rings (SSSR count). The number of ether oxygens (including phenoxy) is 1. The minimum absolute atomic E-state index is 0.111. The molecule has 0 saturated carbocycles. The second kappa shape index (κ2) is 7.93. The van der Waals surface area contributed by atoms with Gasteiger partial charge in [-0.15, -0.1) is 0 Å². The van der Waals surface area contributed by atoms with Crippen molar-refractivity contribution in [1.29, 1.82) is 0 Å². The first-order valence-corrected chi connectivity index (χ1v) is 8.81. The molecule has 1 saturated heterocycles. The summed E-state index contributed by atoms with van der Waals surface area (Å²) in [6.07, 6.45) is 1.38. The third-order valence-electron chi connectivity index (χ3n) is 4.05. The zero-order valence-corrected chi connectivity index (χ0v) is 15.2. The first-order valence-electron chi connectivity index (χ1n) is 8.05. The summed E-state index contributed by atoms with van der Waals surface area (Å²) in [5.74, 6) is -0.889. The maximum atomic E-state index is 12.6. The van der Waals surface area contributed by atoms with E-state index in [9.17, 15) is 9.59 Å². The molecule has 1 N–H and O–H groups in total. The molecule has 1 unspecified atom stereocenters. The van der Waals surface area contributed by atoms with E-state index >= 15 is 0 Å². The summed E-state index contributed by atoms with van der Waals surface area (Å²) in [6.45, 7) is 0.955. The lowest BCUT2D eigenvalue weighted by atomic mass is 10.1. The van der Waals surface area contributed by atoms with Crippen molar-refractivity contribution in [2.75, 3.05) is 13.1 Å². The molecular weight excluding hydrogens is 379 g/mol. The van der Waals surface area contributed by atoms with Crippen LogP contribution in [0.4, 0.5) is 0 Å². The largest absolute Gasteiger partial charge is 0.489 e. The predicted octanol–water partition coefficient (Wildman–Crippen LogP) is 3.77. The first-order chi connectivity index (χ1) is 12.4. The molecule has 0 spiro atoms. The average molecular weight is 395 g/mol. The van der Waals surface area contributed by atoms with Gasteiger partial charge in [0, 0.05) is 12.6 Å². The van der Waals surface area contributed by atoms with E-state index in [1.165, 1.54) is 18.2 Å². The summed E-state index contributed by atoms with van der Waals surface area (Å²) in [5.41, 5.74) is -0.0449. The normalized spacial score (nSPS) is 17.0. The average Bonchev–Trinajstić information content (AvgIpc) is 2.64. The van der Waals surface area contributed by atoms with Crippen molar-refractivity contribution in [1.82, 2.24) is 9.88 Å². The maximum Gasteiger partial charge on any atom is 0.354 e. The summed E-state index contributed by atoms with van der Waals surface area (Å²) in [7, 11) is 0. The van der Waals surface area contributed by atoms with Crippen LogP contribution < -0.4 is 4.74 Å². The van der Waals surface area contributed by atoms with Crippen molar-refractivity contribution in [3.63, 3.8) is 0 Å². The van der Waals surface area contributed by atoms with Crippen LogP contribution in [0.3, 0.4) is 0 Å². The SMILES string of the molecule is O=C(O)c1cccc(C(=O)N2CCCC(Oc3ccc(Cl)c(Cl)c3)C2)n1. The Labute approximate surface area is 160 Å². The highest BCUT2D eigenvalue weighted by Crippen LogP contribution is 2.28. The van der Waals surface area contributed by atoms with E-state index in [2.05, 4.69) is 4.98 Å². The summed E-state index contributed by atoms with van der Waals surface area (Å²) >= 11 is 11.9. The number of likely N-dealkylation sites (tertiary alicyclic amines) is 1. The molecule has 136 valence electrons. The molecule has 1 aliphatic rings. The first kappa shape index (κ1) is 18.5. The molecule has 1 amide bonds. The monoisotopic (exact) mass is 394 g/mol. The van der Waals surface area contributed by atoms with Crippen molar-refractivity contribution in [3.05, 3.63) is 57.8 Å². The van der Waals surface area contributed by atoms with E-state index < -0.39 is 5.97 Å². The fourth-order valence-corrected chi connectivity index (χ4v) is 3.08. The van der Waals surface area contributed by atoms with Crippen LogP contribution in [0.1, 0.15) is 33.8 Å². The highest BCUT2D eigenvalue weighted by atomic mass is 35.5. The van der Waals surface area contributed by atoms with Crippen LogP contribution in [0.15, 0.2) is 36.4 Å². The number of halogens is 2. The molecule has 1 aliphatic heterocycles. The van der Waals surface area contributed by atoms with E-state index in [0.717, 1.165) is 12.8 Å². The second-order valence-corrected chi connectivity index (χ2v) is 6.74. The van der Waals surface area contributed by atoms with E-state index in [-0.39, 0.29) is 23.4 Å². The van der Waals surface area contributed by atoms with Crippen LogP contribution >= 0.6 is 23.2 Å². The molecule has 0 radical (unpaired) electrons. The summed E-state index contributed by atoms with van der Waals surface area (Å²) in [6, 6.07) is 9.41. The lowest BCUT2D eigenvalue weighted by Crippen LogP contribution is -2.44. The van der Waals surface area contributed by atoms with Crippen molar-refractivity contribution in [2.45, 2.75) is 18.9 Å². The van der Waals surface area contributed by atoms with Crippen molar-refractivity contribution in [3.8, 4) is 5.75 Å². The number of carbonyl (C=O) groups is 2. The number of carboxylic acids is 1. The van der Waals surface area contributed by atoms with Gasteiger partial charge in [0.15, 0.2) is 0 Å². The van der Waals surface area contributed by atoms with E-state index in [4.69, 9.17) is 33.0 Å². The van der Waals surface area contributed by atoms with Gasteiger partial charge in [-0.05, 0) is 37.1 Å². The Bertz CT molecular complexity index is 844. The molecule has 6 nitrogen and oxygen atoms in total. The van der Waals surface area contributed by atoms with Gasteiger partial charge in [0.2, 0.25) is 0 Å². The fourth-order valence-electron chi connectivity index (χ4n) is 2.80. The van der Waals surface area contributed by atoms with Gasteiger partial charge in [0.25, 0.3) is 5.91 Å². The molecule has 1 atom stereocenters. The molecule has 1 aromatic carbocycles. The Morgan fingerprint density at radius 1 is 1.15 bits per heavy atom. The molecule has 2 aromatic rings. The van der Waals surface area contributed by atoms with E-state index in [1.807, 2.05) is 0 Å². The third kappa shape index (κ3) is 4.26. The number of rotatable bonds is 4. The van der Waals surface area contributed by atoms with Crippen molar-refractivity contribution in [2.24, 2.45) is 0 Å². The number of aromatic carboxylic acids is 1. The van der Waals surface area contributed by atoms with Crippen LogP contribution in [0.2, 0.25) is 10.0 Å². The van der Waals surface area contributed by atoms with Gasteiger partial charge < -0.3 is 14.7 Å². The van der Waals surface area contributed by atoms with Gasteiger partial charge in [-0.2, -0.15) is 0 Å². The van der Waals surface area contributed by atoms with Crippen molar-refractivity contribution < 1.29 is 19.4 Å². The standard InChI is InChI=1S/C18H16Cl2N2O4/c19-13-7-6-11(9-14(13)20)26-12-3-2-8-22(10-12)17(23)15-4-1-5-16(21-15)18(24)25/h1,4-7,9,12H,2-3,8,10H2,(H,24,25). The molecule has 8 heteroatoms. The maximum absolute atomic E-state index is 12.6. The lowest BCUT2D eigenvalue weighted by molar-refractivity contribution is 0.0532. The number of aromatic nitrogens is 1. The van der Waals surface area contributed by atoms with E-state index in [0.29, 0.717) is 28.9 Å². The number of hydrogen-bond acceptors (Lipinski definition) is 4. The number of hydrogen-bond donors (Lipinski definition) is 1. The zero-order chi connectivity index (χ0) is 18.7. The molecule has 1 fully saturated rings. The number of benzene rings is 1. The van der Waals surface area contributed by atoms with Gasteiger partial charge in [-0.3, -0.25) is 4.79 Å². The van der Waals surface area contributed by atoms with Crippen LogP contribution in [0.25, 0.3) is 0 Å². The Morgan fingerprint density at radius 2 is 1.92 bits per heavy atom. The highest BCUT2D eigenvalue weighted by molar-refractivity contribution is 6.42. The Hall–Kier alpha value is -2.31. The number of carboxylic acid groups (broad SMARTS) is 1. The summed E-state index contributed by atoms with van der Waals surface area (Å²) in [4.78, 5) is 29.2. The zero-order valence-electron chi connectivity index (χ0n) is 13.7. The van der Waals surface area contributed by atoms with Gasteiger partial charge in [-0.25, -0.2) is 9.78 Å². The summed E-state index contributed by atoms with van der Waals surface area (Å²) in [5, 5.41) is 9.88. The lowest BCUT2D eigenvalue weighted by Gasteiger charge is -2.32. The predicted molar refractivity (Wildman–Crippen MR) is 97.2 cm³/mol. The Balaban J connectivity index is 1.69. The highest BCUT2D eigenvalue weighted by Gasteiger charge is 2.27. The van der Waals surface area contributed by atoms with Gasteiger partial charge in [0.1, 0.15) is 23.2 Å². The third-order valence-corrected chi connectivity index (χ3v) is 4.79. The number of amides is 1. The molecular formula is C18H16Cl2N2O4. The summed E-state index contributed by atoms with van der Waals surface area (Å²) < 4.78 is 5.92. The van der Waals surface area contributed by atoms with Crippen LogP contribution in [0.5, 0.6) is 5.75 Å². The van der Waals surface area contributed by atoms with Gasteiger partial charge in [-0.1, -0.05) is 29.3 Å². The van der Waals surface area contributed by atoms with Crippen molar-refractivity contribution >= 4 is 35.1 Å². The minimum Gasteiger partial charge on any atom is -0.489 e. The molecule has 0 aliphatic carbocycles. The quantitative estimate of drug-likeness (QED) is 0.853. The molecule has 1 aromatic heterocycles. The molecule has 0 bridgehead atoms. The van der Waals surface area contributed by atoms with Gasteiger partial charge in [0.05, 0.1) is 16.6 Å². The Kier molecular flexibility index (Phi) is 5.64. The number of pyridine rings is 1. The number of nitrogens with zero attached hydrogens (tertiary/aromatic N) is 2. The van der Waals surface area contributed by atoms with Gasteiger partial charge >= 0.3 is 5.97 Å². The molecule has 26 heavy (non-hydrogen) atoms. The van der Waals surface area contributed by atoms with Crippen LogP contribution in [0, 0.1) is 0 Å².